The quantitative estimate of drug-likeness (QED) is 0.899. The molecule has 1 N–H and O–H groups in total. The molecular weight excluding hydrogens is 291 g/mol. The highest BCUT2D eigenvalue weighted by atomic mass is 35.5. The van der Waals surface area contributed by atoms with Gasteiger partial charge in [0.15, 0.2) is 0 Å². The lowest BCUT2D eigenvalue weighted by Gasteiger charge is -2.18. The van der Waals surface area contributed by atoms with Crippen molar-refractivity contribution in [3.8, 4) is 5.75 Å². The van der Waals surface area contributed by atoms with Gasteiger partial charge in [0, 0.05) is 21.6 Å². The molecule has 0 aliphatic carbocycles. The first kappa shape index (κ1) is 14.4. The molecule has 1 aliphatic rings. The molecule has 21 heavy (non-hydrogen) atoms. The van der Waals surface area contributed by atoms with E-state index in [0.29, 0.717) is 12.2 Å². The van der Waals surface area contributed by atoms with Crippen molar-refractivity contribution >= 4 is 11.6 Å². The molecule has 1 atom stereocenters. The van der Waals surface area contributed by atoms with Crippen LogP contribution in [0.5, 0.6) is 5.75 Å². The lowest BCUT2D eigenvalue weighted by atomic mass is 9.85. The van der Waals surface area contributed by atoms with E-state index in [1.807, 2.05) is 18.2 Å². The Morgan fingerprint density at radius 3 is 2.71 bits per heavy atom. The Kier molecular flexibility index (Phi) is 3.42. The monoisotopic (exact) mass is 306 g/mol. The predicted octanol–water partition coefficient (Wildman–Crippen LogP) is 4.23. The third-order valence-electron chi connectivity index (χ3n) is 3.89. The van der Waals surface area contributed by atoms with Crippen molar-refractivity contribution < 1.29 is 14.2 Å². The standard InChI is InChI=1S/C17H16ClFO2/c1-17(2)9-21-15-6-3-10(7-13(15)17)16(20)12-5-4-11(19)8-14(12)18/h3-8,16,20H,9H2,1-2H3. The molecule has 3 rings (SSSR count). The van der Waals surface area contributed by atoms with E-state index >= 15 is 0 Å². The maximum atomic E-state index is 13.1. The van der Waals surface area contributed by atoms with Gasteiger partial charge in [0.2, 0.25) is 0 Å². The van der Waals surface area contributed by atoms with Crippen LogP contribution in [-0.4, -0.2) is 11.7 Å². The molecule has 2 nitrogen and oxygen atoms in total. The number of benzene rings is 2. The number of fused-ring (bicyclic) bond motifs is 1. The number of aliphatic hydroxyl groups excluding tert-OH is 1. The average molecular weight is 307 g/mol. The number of hydrogen-bond donors (Lipinski definition) is 1. The topological polar surface area (TPSA) is 29.5 Å². The molecule has 0 amide bonds. The number of halogens is 2. The lowest BCUT2D eigenvalue weighted by Crippen LogP contribution is -2.18. The van der Waals surface area contributed by atoms with Crippen molar-refractivity contribution in [1.29, 1.82) is 0 Å². The van der Waals surface area contributed by atoms with Crippen LogP contribution in [0.15, 0.2) is 36.4 Å². The first-order chi connectivity index (χ1) is 9.88. The van der Waals surface area contributed by atoms with Gasteiger partial charge in [-0.25, -0.2) is 4.39 Å². The molecule has 0 fully saturated rings. The summed E-state index contributed by atoms with van der Waals surface area (Å²) in [7, 11) is 0. The van der Waals surface area contributed by atoms with Gasteiger partial charge in [-0.05, 0) is 29.8 Å². The van der Waals surface area contributed by atoms with Crippen LogP contribution >= 0.6 is 11.6 Å². The molecule has 0 saturated carbocycles. The van der Waals surface area contributed by atoms with Gasteiger partial charge in [-0.1, -0.05) is 37.6 Å². The summed E-state index contributed by atoms with van der Waals surface area (Å²) >= 11 is 6.02. The zero-order chi connectivity index (χ0) is 15.2. The van der Waals surface area contributed by atoms with Crippen molar-refractivity contribution in [2.24, 2.45) is 0 Å². The summed E-state index contributed by atoms with van der Waals surface area (Å²) in [5.41, 5.74) is 2.20. The molecule has 0 bridgehead atoms. The van der Waals surface area contributed by atoms with Crippen molar-refractivity contribution in [2.45, 2.75) is 25.4 Å². The van der Waals surface area contributed by atoms with E-state index < -0.39 is 11.9 Å². The van der Waals surface area contributed by atoms with Gasteiger partial charge >= 0.3 is 0 Å². The summed E-state index contributed by atoms with van der Waals surface area (Å²) in [6.07, 6.45) is -0.889. The summed E-state index contributed by atoms with van der Waals surface area (Å²) in [4.78, 5) is 0. The van der Waals surface area contributed by atoms with Crippen LogP contribution in [0.1, 0.15) is 36.6 Å². The molecule has 0 radical (unpaired) electrons. The van der Waals surface area contributed by atoms with E-state index in [2.05, 4.69) is 13.8 Å². The van der Waals surface area contributed by atoms with E-state index in [4.69, 9.17) is 16.3 Å². The summed E-state index contributed by atoms with van der Waals surface area (Å²) < 4.78 is 18.7. The first-order valence-corrected chi connectivity index (χ1v) is 7.16. The van der Waals surface area contributed by atoms with Gasteiger partial charge < -0.3 is 9.84 Å². The van der Waals surface area contributed by atoms with Gasteiger partial charge in [0.25, 0.3) is 0 Å². The van der Waals surface area contributed by atoms with E-state index in [-0.39, 0.29) is 10.4 Å². The van der Waals surface area contributed by atoms with Crippen LogP contribution in [0.2, 0.25) is 5.02 Å². The zero-order valence-corrected chi connectivity index (χ0v) is 12.6. The normalized spacial score (nSPS) is 17.2. The van der Waals surface area contributed by atoms with E-state index in [9.17, 15) is 9.50 Å². The highest BCUT2D eigenvalue weighted by Gasteiger charge is 2.32. The fourth-order valence-corrected chi connectivity index (χ4v) is 2.88. The van der Waals surface area contributed by atoms with Gasteiger partial charge in [0.1, 0.15) is 17.7 Å². The Labute approximate surface area is 128 Å². The summed E-state index contributed by atoms with van der Waals surface area (Å²) in [5, 5.41) is 10.7. The van der Waals surface area contributed by atoms with Crippen LogP contribution in [0.25, 0.3) is 0 Å². The SMILES string of the molecule is CC1(C)COc2ccc(C(O)c3ccc(F)cc3Cl)cc21. The molecular formula is C17H16ClFO2. The molecule has 1 heterocycles. The van der Waals surface area contributed by atoms with E-state index in [1.54, 1.807) is 0 Å². The number of ether oxygens (including phenoxy) is 1. The highest BCUT2D eigenvalue weighted by Crippen LogP contribution is 2.40. The second-order valence-corrected chi connectivity index (χ2v) is 6.40. The van der Waals surface area contributed by atoms with Crippen LogP contribution in [0.3, 0.4) is 0 Å². The summed E-state index contributed by atoms with van der Waals surface area (Å²) in [6, 6.07) is 9.62. The van der Waals surface area contributed by atoms with Gasteiger partial charge in [0.05, 0.1) is 6.61 Å². The smallest absolute Gasteiger partial charge is 0.124 e. The fraction of sp³-hybridized carbons (Fsp3) is 0.294. The van der Waals surface area contributed by atoms with E-state index in [1.165, 1.54) is 18.2 Å². The van der Waals surface area contributed by atoms with Crippen LogP contribution in [0, 0.1) is 5.82 Å². The van der Waals surface area contributed by atoms with Gasteiger partial charge in [-0.15, -0.1) is 0 Å². The zero-order valence-electron chi connectivity index (χ0n) is 11.9. The number of hydrogen-bond acceptors (Lipinski definition) is 2. The lowest BCUT2D eigenvalue weighted by molar-refractivity contribution is 0.220. The Hall–Kier alpha value is -1.58. The van der Waals surface area contributed by atoms with Crippen molar-refractivity contribution in [2.75, 3.05) is 6.61 Å². The Bertz CT molecular complexity index is 697. The molecule has 0 spiro atoms. The van der Waals surface area contributed by atoms with E-state index in [0.717, 1.165) is 16.9 Å². The summed E-state index contributed by atoms with van der Waals surface area (Å²) in [5.74, 6) is 0.431. The second-order valence-electron chi connectivity index (χ2n) is 6.00. The minimum atomic E-state index is -0.889. The minimum Gasteiger partial charge on any atom is -0.492 e. The third kappa shape index (κ3) is 2.52. The average Bonchev–Trinajstić information content (AvgIpc) is 2.74. The van der Waals surface area contributed by atoms with Gasteiger partial charge in [-0.3, -0.25) is 0 Å². The third-order valence-corrected chi connectivity index (χ3v) is 4.22. The molecule has 4 heteroatoms. The Morgan fingerprint density at radius 1 is 1.24 bits per heavy atom. The molecule has 2 aromatic carbocycles. The van der Waals surface area contributed by atoms with Gasteiger partial charge in [-0.2, -0.15) is 0 Å². The Morgan fingerprint density at radius 2 is 2.00 bits per heavy atom. The van der Waals surface area contributed by atoms with Crippen molar-refractivity contribution in [3.05, 3.63) is 63.9 Å². The largest absolute Gasteiger partial charge is 0.492 e. The minimum absolute atomic E-state index is 0.0857. The highest BCUT2D eigenvalue weighted by molar-refractivity contribution is 6.31. The molecule has 0 aromatic heterocycles. The maximum absolute atomic E-state index is 13.1. The van der Waals surface area contributed by atoms with Crippen LogP contribution in [-0.2, 0) is 5.41 Å². The first-order valence-electron chi connectivity index (χ1n) is 6.79. The predicted molar refractivity (Wildman–Crippen MR) is 80.4 cm³/mol. The molecule has 1 unspecified atom stereocenters. The van der Waals surface area contributed by atoms with Crippen molar-refractivity contribution in [1.82, 2.24) is 0 Å². The Balaban J connectivity index is 2.01. The van der Waals surface area contributed by atoms with Crippen LogP contribution < -0.4 is 4.74 Å². The molecule has 110 valence electrons. The van der Waals surface area contributed by atoms with Crippen molar-refractivity contribution in [3.63, 3.8) is 0 Å². The molecule has 1 aliphatic heterocycles. The number of rotatable bonds is 2. The number of aliphatic hydroxyl groups is 1. The molecule has 0 saturated heterocycles. The maximum Gasteiger partial charge on any atom is 0.124 e. The molecule has 2 aromatic rings. The second kappa shape index (κ2) is 5.00. The summed E-state index contributed by atoms with van der Waals surface area (Å²) in [6.45, 7) is 4.82. The fourth-order valence-electron chi connectivity index (χ4n) is 2.61. The van der Waals surface area contributed by atoms with Crippen LogP contribution in [0.4, 0.5) is 4.39 Å².